The molecule has 1 aliphatic heterocycles. The van der Waals surface area contributed by atoms with Crippen LogP contribution >= 0.6 is 11.3 Å². The first-order chi connectivity index (χ1) is 14.8. The fraction of sp³-hybridized carbons (Fsp3) is 0.304. The Morgan fingerprint density at radius 3 is 2.60 bits per heavy atom. The van der Waals surface area contributed by atoms with E-state index in [9.17, 15) is 4.79 Å². The predicted molar refractivity (Wildman–Crippen MR) is 120 cm³/mol. The highest BCUT2D eigenvalue weighted by atomic mass is 32.1. The lowest BCUT2D eigenvalue weighted by Crippen LogP contribution is -2.36. The van der Waals surface area contributed by atoms with Gasteiger partial charge in [-0.05, 0) is 24.1 Å². The van der Waals surface area contributed by atoms with E-state index in [1.165, 1.54) is 5.56 Å². The summed E-state index contributed by atoms with van der Waals surface area (Å²) in [5, 5.41) is 9.11. The zero-order valence-electron chi connectivity index (χ0n) is 16.6. The van der Waals surface area contributed by atoms with Crippen molar-refractivity contribution in [2.45, 2.75) is 18.4 Å². The van der Waals surface area contributed by atoms with Gasteiger partial charge in [0.1, 0.15) is 0 Å². The summed E-state index contributed by atoms with van der Waals surface area (Å²) in [6.45, 7) is 3.28. The molecule has 3 aromatic rings. The standard InChI is InChI=1S/C23H24N4O2S/c28-22(25-20-14-19(20)16-4-2-1-3-5-16)24-18-8-6-17(7-9-18)21-15-30-23(26-21)27-10-12-29-13-11-27/h1-9,15,19-20H,10-14H2,(H2,24,25,28)/t19-,20+/m0/s1. The lowest BCUT2D eigenvalue weighted by Gasteiger charge is -2.26. The highest BCUT2D eigenvalue weighted by Crippen LogP contribution is 2.40. The first kappa shape index (κ1) is 19.1. The van der Waals surface area contributed by atoms with Crippen LogP contribution < -0.4 is 15.5 Å². The molecule has 1 saturated carbocycles. The number of thiazole rings is 1. The molecule has 1 aliphatic carbocycles. The van der Waals surface area contributed by atoms with Gasteiger partial charge in [-0.25, -0.2) is 9.78 Å². The Kier molecular flexibility index (Phi) is 5.38. The van der Waals surface area contributed by atoms with Crippen LogP contribution in [0.5, 0.6) is 0 Å². The maximum absolute atomic E-state index is 12.3. The molecule has 2 aliphatic rings. The van der Waals surface area contributed by atoms with E-state index in [4.69, 9.17) is 9.72 Å². The molecule has 1 aromatic heterocycles. The molecule has 0 unspecified atom stereocenters. The minimum Gasteiger partial charge on any atom is -0.378 e. The first-order valence-corrected chi connectivity index (χ1v) is 11.2. The number of rotatable bonds is 5. The van der Waals surface area contributed by atoms with Gasteiger partial charge in [0.05, 0.1) is 18.9 Å². The number of nitrogens with zero attached hydrogens (tertiary/aromatic N) is 2. The third-order valence-electron chi connectivity index (χ3n) is 5.55. The van der Waals surface area contributed by atoms with Gasteiger partial charge in [0.25, 0.3) is 0 Å². The number of hydrogen-bond donors (Lipinski definition) is 2. The summed E-state index contributed by atoms with van der Waals surface area (Å²) < 4.78 is 5.41. The summed E-state index contributed by atoms with van der Waals surface area (Å²) >= 11 is 1.66. The number of amides is 2. The highest BCUT2D eigenvalue weighted by molar-refractivity contribution is 7.14. The highest BCUT2D eigenvalue weighted by Gasteiger charge is 2.39. The van der Waals surface area contributed by atoms with E-state index in [0.717, 1.165) is 54.8 Å². The van der Waals surface area contributed by atoms with Crippen LogP contribution in [0.25, 0.3) is 11.3 Å². The van der Waals surface area contributed by atoms with Crippen molar-refractivity contribution in [3.05, 3.63) is 65.5 Å². The molecule has 2 heterocycles. The number of morpholine rings is 1. The van der Waals surface area contributed by atoms with Gasteiger partial charge in [-0.1, -0.05) is 42.5 Å². The molecular formula is C23H24N4O2S. The number of nitrogens with one attached hydrogen (secondary N) is 2. The number of hydrogen-bond acceptors (Lipinski definition) is 5. The maximum Gasteiger partial charge on any atom is 0.319 e. The monoisotopic (exact) mass is 420 g/mol. The maximum atomic E-state index is 12.3. The van der Waals surface area contributed by atoms with Crippen molar-refractivity contribution in [2.75, 3.05) is 36.5 Å². The minimum absolute atomic E-state index is 0.158. The molecule has 0 bridgehead atoms. The summed E-state index contributed by atoms with van der Waals surface area (Å²) in [6, 6.07) is 18.2. The molecule has 30 heavy (non-hydrogen) atoms. The van der Waals surface area contributed by atoms with Gasteiger partial charge in [0, 0.05) is 41.7 Å². The number of urea groups is 1. The molecule has 2 aromatic carbocycles. The van der Waals surface area contributed by atoms with E-state index in [-0.39, 0.29) is 12.1 Å². The number of anilines is 2. The van der Waals surface area contributed by atoms with Crippen LogP contribution in [0.1, 0.15) is 17.9 Å². The summed E-state index contributed by atoms with van der Waals surface area (Å²) in [7, 11) is 0. The molecule has 0 spiro atoms. The van der Waals surface area contributed by atoms with Gasteiger partial charge in [-0.3, -0.25) is 0 Å². The number of aromatic nitrogens is 1. The first-order valence-electron chi connectivity index (χ1n) is 10.3. The van der Waals surface area contributed by atoms with Crippen molar-refractivity contribution >= 4 is 28.2 Å². The van der Waals surface area contributed by atoms with Crippen LogP contribution in [0.15, 0.2) is 60.0 Å². The van der Waals surface area contributed by atoms with E-state index in [0.29, 0.717) is 5.92 Å². The van der Waals surface area contributed by atoms with Crippen molar-refractivity contribution in [3.8, 4) is 11.3 Å². The molecule has 7 heteroatoms. The van der Waals surface area contributed by atoms with Crippen LogP contribution in [0, 0.1) is 0 Å². The second-order valence-corrected chi connectivity index (χ2v) is 8.49. The smallest absolute Gasteiger partial charge is 0.319 e. The Bertz CT molecular complexity index is 1000. The zero-order valence-corrected chi connectivity index (χ0v) is 17.4. The Balaban J connectivity index is 1.16. The van der Waals surface area contributed by atoms with Gasteiger partial charge in [-0.2, -0.15) is 0 Å². The summed E-state index contributed by atoms with van der Waals surface area (Å²) in [6.07, 6.45) is 0.992. The van der Waals surface area contributed by atoms with Gasteiger partial charge in [0.2, 0.25) is 0 Å². The fourth-order valence-corrected chi connectivity index (χ4v) is 4.67. The molecule has 154 valence electrons. The van der Waals surface area contributed by atoms with Crippen molar-refractivity contribution < 1.29 is 9.53 Å². The van der Waals surface area contributed by atoms with Gasteiger partial charge in [0.15, 0.2) is 5.13 Å². The van der Waals surface area contributed by atoms with Crippen LogP contribution in [0.3, 0.4) is 0 Å². The fourth-order valence-electron chi connectivity index (χ4n) is 3.78. The molecule has 2 amide bonds. The average molecular weight is 421 g/mol. The van der Waals surface area contributed by atoms with E-state index in [1.54, 1.807) is 11.3 Å². The topological polar surface area (TPSA) is 66.5 Å². The van der Waals surface area contributed by atoms with Crippen LogP contribution in [-0.4, -0.2) is 43.4 Å². The van der Waals surface area contributed by atoms with Gasteiger partial charge < -0.3 is 20.3 Å². The molecule has 2 N–H and O–H groups in total. The number of ether oxygens (including phenoxy) is 1. The average Bonchev–Trinajstić information content (AvgIpc) is 3.37. The molecule has 2 fully saturated rings. The zero-order chi connectivity index (χ0) is 20.3. The van der Waals surface area contributed by atoms with Crippen LogP contribution in [0.4, 0.5) is 15.6 Å². The summed E-state index contributed by atoms with van der Waals surface area (Å²) in [5.41, 5.74) is 4.06. The van der Waals surface area contributed by atoms with E-state index >= 15 is 0 Å². The van der Waals surface area contributed by atoms with Crippen LogP contribution in [-0.2, 0) is 4.74 Å². The van der Waals surface area contributed by atoms with Crippen molar-refractivity contribution in [1.82, 2.24) is 10.3 Å². The predicted octanol–water partition coefficient (Wildman–Crippen LogP) is 4.32. The van der Waals surface area contributed by atoms with Crippen molar-refractivity contribution in [1.29, 1.82) is 0 Å². The Labute approximate surface area is 179 Å². The Hall–Kier alpha value is -2.90. The molecule has 5 rings (SSSR count). The van der Waals surface area contributed by atoms with Crippen molar-refractivity contribution in [3.63, 3.8) is 0 Å². The van der Waals surface area contributed by atoms with Crippen LogP contribution in [0.2, 0.25) is 0 Å². The Morgan fingerprint density at radius 2 is 1.83 bits per heavy atom. The van der Waals surface area contributed by atoms with Gasteiger partial charge in [-0.15, -0.1) is 11.3 Å². The third-order valence-corrected chi connectivity index (χ3v) is 6.45. The van der Waals surface area contributed by atoms with E-state index in [2.05, 4.69) is 33.0 Å². The normalized spacial score (nSPS) is 20.6. The Morgan fingerprint density at radius 1 is 1.07 bits per heavy atom. The summed E-state index contributed by atoms with van der Waals surface area (Å²) in [4.78, 5) is 19.4. The summed E-state index contributed by atoms with van der Waals surface area (Å²) in [5.74, 6) is 0.421. The third kappa shape index (κ3) is 4.32. The lowest BCUT2D eigenvalue weighted by molar-refractivity contribution is 0.122. The number of benzene rings is 2. The minimum atomic E-state index is -0.158. The largest absolute Gasteiger partial charge is 0.378 e. The SMILES string of the molecule is O=C(Nc1ccc(-c2csc(N3CCOCC3)n2)cc1)N[C@@H]1C[C@H]1c1ccccc1. The lowest BCUT2D eigenvalue weighted by atomic mass is 10.1. The molecule has 6 nitrogen and oxygen atoms in total. The molecule has 2 atom stereocenters. The van der Waals surface area contributed by atoms with E-state index in [1.807, 2.05) is 42.5 Å². The van der Waals surface area contributed by atoms with E-state index < -0.39 is 0 Å². The molecule has 0 radical (unpaired) electrons. The second-order valence-electron chi connectivity index (χ2n) is 7.65. The van der Waals surface area contributed by atoms with Crippen molar-refractivity contribution in [2.24, 2.45) is 0 Å². The molecule has 1 saturated heterocycles. The number of carbonyl (C=O) groups is 1. The quantitative estimate of drug-likeness (QED) is 0.645. The number of carbonyl (C=O) groups excluding carboxylic acids is 1. The van der Waals surface area contributed by atoms with Gasteiger partial charge >= 0.3 is 6.03 Å². The molecular weight excluding hydrogens is 396 g/mol. The second kappa shape index (κ2) is 8.45.